The quantitative estimate of drug-likeness (QED) is 0.418. The Hall–Kier alpha value is -0.981. The summed E-state index contributed by atoms with van der Waals surface area (Å²) in [6.45, 7) is 17.3. The fourth-order valence-corrected chi connectivity index (χ4v) is 2.67. The first-order valence-corrected chi connectivity index (χ1v) is 7.20. The van der Waals surface area contributed by atoms with Crippen LogP contribution in [0.2, 0.25) is 0 Å². The van der Waals surface area contributed by atoms with Gasteiger partial charge in [0.15, 0.2) is 0 Å². The molecule has 0 spiro atoms. The third kappa shape index (κ3) is 4.11. The van der Waals surface area contributed by atoms with E-state index in [2.05, 4.69) is 61.5 Å². The second-order valence-electron chi connectivity index (χ2n) is 5.92. The van der Waals surface area contributed by atoms with Gasteiger partial charge in [0.25, 0.3) is 0 Å². The van der Waals surface area contributed by atoms with Gasteiger partial charge in [-0.1, -0.05) is 38.8 Å². The molecule has 0 atom stereocenters. The average molecular weight is 495 g/mol. The Kier molecular flexibility index (Phi) is 9.24. The van der Waals surface area contributed by atoms with Gasteiger partial charge in [0.2, 0.25) is 0 Å². The summed E-state index contributed by atoms with van der Waals surface area (Å²) in [5.74, 6) is 0. The summed E-state index contributed by atoms with van der Waals surface area (Å²) < 4.78 is 0. The predicted octanol–water partition coefficient (Wildman–Crippen LogP) is 6.41. The molecular weight excluding hydrogens is 458 g/mol. The summed E-state index contributed by atoms with van der Waals surface area (Å²) in [7, 11) is 0. The summed E-state index contributed by atoms with van der Waals surface area (Å²) in [4.78, 5) is 4.84. The van der Waals surface area contributed by atoms with E-state index in [1.54, 1.807) is 0 Å². The zero-order valence-corrected chi connectivity index (χ0v) is 18.7. The van der Waals surface area contributed by atoms with Crippen molar-refractivity contribution in [3.8, 4) is 11.3 Å². The molecule has 0 bridgehead atoms. The van der Waals surface area contributed by atoms with E-state index in [4.69, 9.17) is 4.98 Å². The molecule has 0 aliphatic heterocycles. The van der Waals surface area contributed by atoms with E-state index in [-0.39, 0.29) is 37.8 Å². The number of aryl methyl sites for hydroxylation is 2. The van der Waals surface area contributed by atoms with Crippen LogP contribution < -0.4 is 0 Å². The molecule has 0 aliphatic rings. The molecule has 1 nitrogen and oxygen atoms in total. The minimum absolute atomic E-state index is 0. The van der Waals surface area contributed by atoms with Gasteiger partial charge in [-0.05, 0) is 39.0 Å². The van der Waals surface area contributed by atoms with Crippen molar-refractivity contribution in [2.75, 3.05) is 0 Å². The van der Waals surface area contributed by atoms with Crippen LogP contribution in [0.15, 0.2) is 0 Å². The van der Waals surface area contributed by atoms with Crippen LogP contribution in [-0.4, -0.2) is 4.98 Å². The molecule has 2 rings (SSSR count). The number of rotatable bonds is 1. The minimum Gasteiger partial charge on any atom is -0.358 e. The fourth-order valence-electron chi connectivity index (χ4n) is 2.67. The molecule has 2 heteroatoms. The van der Waals surface area contributed by atoms with Crippen molar-refractivity contribution in [3.05, 3.63) is 65.6 Å². The topological polar surface area (TPSA) is 12.9 Å². The van der Waals surface area contributed by atoms with Crippen molar-refractivity contribution in [1.82, 2.24) is 4.98 Å². The summed E-state index contributed by atoms with van der Waals surface area (Å²) in [6, 6.07) is 3.55. The van der Waals surface area contributed by atoms with Gasteiger partial charge in [-0.3, -0.25) is 0 Å². The van der Waals surface area contributed by atoms with Gasteiger partial charge in [0.05, 0.1) is 0 Å². The predicted molar refractivity (Wildman–Crippen MR) is 103 cm³/mol. The van der Waals surface area contributed by atoms with E-state index >= 15 is 0 Å². The Morgan fingerprint density at radius 3 is 1.65 bits per heavy atom. The molecule has 0 amide bonds. The van der Waals surface area contributed by atoms with Crippen LogP contribution in [-0.2, 0) is 20.1 Å². The first-order chi connectivity index (χ1) is 9.25. The van der Waals surface area contributed by atoms with Crippen LogP contribution in [0.4, 0.5) is 0 Å². The maximum absolute atomic E-state index is 4.84. The second kappa shape index (κ2) is 8.75. The maximum atomic E-state index is 4.84. The number of nitrogens with zero attached hydrogens (tertiary/aromatic N) is 1. The van der Waals surface area contributed by atoms with Gasteiger partial charge in [0, 0.05) is 28.7 Å². The second-order valence-corrected chi connectivity index (χ2v) is 5.92. The molecule has 0 aliphatic carbocycles. The molecule has 1 aromatic carbocycles. The molecule has 1 heterocycles. The van der Waals surface area contributed by atoms with Crippen LogP contribution >= 0.6 is 0 Å². The van der Waals surface area contributed by atoms with Crippen LogP contribution in [0.5, 0.6) is 0 Å². The molecule has 0 fully saturated rings. The first-order valence-electron chi connectivity index (χ1n) is 7.20. The zero-order chi connectivity index (χ0) is 15.2. The van der Waals surface area contributed by atoms with Crippen molar-refractivity contribution < 1.29 is 23.0 Å². The van der Waals surface area contributed by atoms with Crippen molar-refractivity contribution in [2.24, 2.45) is 0 Å². The van der Waals surface area contributed by atoms with E-state index in [9.17, 15) is 0 Å². The molecule has 0 saturated heterocycles. The SMILES string of the molecule is Cc1[c-]c(-c2nc(C)c(C)c(C)c2C)c(C)c(C)c1C.[2HH].[2HH].[CH3-].[CH3-].[Ir]. The molecule has 1 radical (unpaired) electrons. The number of hydrogen-bond acceptors (Lipinski definition) is 1. The Balaban J connectivity index is -0.000000441. The normalized spacial score (nSPS) is 9.57. The van der Waals surface area contributed by atoms with Gasteiger partial charge in [0.1, 0.15) is 0 Å². The Morgan fingerprint density at radius 1 is 0.652 bits per heavy atom. The van der Waals surface area contributed by atoms with Crippen LogP contribution in [0, 0.1) is 76.3 Å². The third-order valence-electron chi connectivity index (χ3n) is 4.91. The largest absolute Gasteiger partial charge is 0.358 e. The van der Waals surface area contributed by atoms with Gasteiger partial charge in [-0.2, -0.15) is 0 Å². The van der Waals surface area contributed by atoms with E-state index in [1.807, 2.05) is 0 Å². The van der Waals surface area contributed by atoms with Gasteiger partial charge < -0.3 is 19.8 Å². The van der Waals surface area contributed by atoms with E-state index in [1.165, 1.54) is 38.9 Å². The molecule has 0 unspecified atom stereocenters. The Labute approximate surface area is 160 Å². The number of pyridine rings is 1. The monoisotopic (exact) mass is 495 g/mol. The first kappa shape index (κ1) is 24.3. The third-order valence-corrected chi connectivity index (χ3v) is 4.91. The van der Waals surface area contributed by atoms with Crippen LogP contribution in [0.25, 0.3) is 11.3 Å². The molecule has 0 N–H and O–H groups in total. The summed E-state index contributed by atoms with van der Waals surface area (Å²) in [5, 5.41) is 0. The van der Waals surface area contributed by atoms with Crippen molar-refractivity contribution in [2.45, 2.75) is 55.4 Å². The Bertz CT molecular complexity index is 649. The van der Waals surface area contributed by atoms with Crippen molar-refractivity contribution >= 4 is 0 Å². The van der Waals surface area contributed by atoms with Crippen molar-refractivity contribution in [3.63, 3.8) is 0 Å². The van der Waals surface area contributed by atoms with E-state index in [0.717, 1.165) is 17.0 Å². The molecule has 2 aromatic rings. The summed E-state index contributed by atoms with van der Waals surface area (Å²) in [5.41, 5.74) is 12.5. The van der Waals surface area contributed by atoms with Crippen LogP contribution in [0.3, 0.4) is 0 Å². The molecule has 0 saturated carbocycles. The van der Waals surface area contributed by atoms with Crippen molar-refractivity contribution in [1.29, 1.82) is 0 Å². The average Bonchev–Trinajstić information content (AvgIpc) is 2.42. The standard InChI is InChI=1S/C19H24N.2CH3.Ir.2H2/c1-10-9-18(15(6)12(3)11(10)2)19-16(7)13(4)14(5)17(8)20-19;;;;;/h1-8H3;2*1H3;;2*1H/q3*-1;;;/i;;;;2*1+1. The molecular formula is C21H34IrN-3. The fraction of sp³-hybridized carbons (Fsp3) is 0.381. The number of aromatic nitrogens is 1. The van der Waals surface area contributed by atoms with Gasteiger partial charge in [-0.15, -0.1) is 33.9 Å². The molecule has 23 heavy (non-hydrogen) atoms. The number of benzene rings is 1. The zero-order valence-electron chi connectivity index (χ0n) is 16.3. The van der Waals surface area contributed by atoms with E-state index in [0.29, 0.717) is 0 Å². The minimum atomic E-state index is 0. The molecule has 135 valence electrons. The number of hydrogen-bond donors (Lipinski definition) is 0. The summed E-state index contributed by atoms with van der Waals surface area (Å²) >= 11 is 0. The van der Waals surface area contributed by atoms with Crippen LogP contribution in [0.1, 0.15) is 47.5 Å². The maximum Gasteiger partial charge on any atom is 0.0298 e. The molecule has 1 aromatic heterocycles. The smallest absolute Gasteiger partial charge is 0.0298 e. The van der Waals surface area contributed by atoms with Gasteiger partial charge >= 0.3 is 0 Å². The Morgan fingerprint density at radius 2 is 1.13 bits per heavy atom. The van der Waals surface area contributed by atoms with E-state index < -0.39 is 0 Å². The van der Waals surface area contributed by atoms with Gasteiger partial charge in [-0.25, -0.2) is 0 Å². The summed E-state index contributed by atoms with van der Waals surface area (Å²) in [6.07, 6.45) is 0.